The van der Waals surface area contributed by atoms with Crippen LogP contribution in [0.3, 0.4) is 0 Å². The zero-order chi connectivity index (χ0) is 18.1. The van der Waals surface area contributed by atoms with Gasteiger partial charge in [-0.2, -0.15) is 4.98 Å². The number of aromatic nitrogens is 3. The number of carbonyl (C=O) groups excluding carboxylic acids is 2. The van der Waals surface area contributed by atoms with Crippen LogP contribution in [0.4, 0.5) is 11.9 Å². The van der Waals surface area contributed by atoms with Gasteiger partial charge in [-0.15, -0.1) is 5.10 Å². The van der Waals surface area contributed by atoms with Crippen LogP contribution < -0.4 is 10.6 Å². The van der Waals surface area contributed by atoms with E-state index in [2.05, 4.69) is 20.7 Å². The van der Waals surface area contributed by atoms with Crippen LogP contribution in [0, 0.1) is 0 Å². The lowest BCUT2D eigenvalue weighted by molar-refractivity contribution is -0.117. The van der Waals surface area contributed by atoms with Crippen LogP contribution in [0.15, 0.2) is 54.6 Å². The molecule has 1 aliphatic heterocycles. The van der Waals surface area contributed by atoms with Crippen molar-refractivity contribution in [2.75, 3.05) is 10.6 Å². The molecule has 26 heavy (non-hydrogen) atoms. The Balaban J connectivity index is 1.63. The van der Waals surface area contributed by atoms with E-state index in [-0.39, 0.29) is 30.2 Å². The van der Waals surface area contributed by atoms with Crippen LogP contribution in [0.5, 0.6) is 0 Å². The van der Waals surface area contributed by atoms with Crippen LogP contribution in [-0.4, -0.2) is 26.6 Å². The number of halogens is 1. The topological polar surface area (TPSA) is 88.9 Å². The molecule has 0 saturated heterocycles. The van der Waals surface area contributed by atoms with Gasteiger partial charge in [-0.25, -0.2) is 4.68 Å². The molecule has 1 unspecified atom stereocenters. The molecule has 0 spiro atoms. The minimum atomic E-state index is -0.317. The van der Waals surface area contributed by atoms with Gasteiger partial charge in [0.2, 0.25) is 11.9 Å². The zero-order valence-corrected chi connectivity index (χ0v) is 14.3. The minimum Gasteiger partial charge on any atom is -0.295 e. The van der Waals surface area contributed by atoms with Gasteiger partial charge in [0.05, 0.1) is 12.5 Å². The highest BCUT2D eigenvalue weighted by atomic mass is 35.5. The van der Waals surface area contributed by atoms with Crippen molar-refractivity contribution in [3.8, 4) is 0 Å². The maximum Gasteiger partial charge on any atom is 0.258 e. The SMILES string of the molecule is O=C1CC(c2ccc(Cl)cc2)n2nc(NC(=O)c3ccccc3)nc2N1. The number of hydrogen-bond acceptors (Lipinski definition) is 4. The molecule has 4 rings (SSSR count). The van der Waals surface area contributed by atoms with Crippen LogP contribution in [0.2, 0.25) is 5.02 Å². The standard InChI is InChI=1S/C18H14ClN5O2/c19-13-8-6-11(7-9-13)14-10-15(25)20-18-22-17(23-24(14)18)21-16(26)12-4-2-1-3-5-12/h1-9,14H,10H2,(H2,20,21,22,23,25,26). The Labute approximate surface area is 154 Å². The maximum atomic E-state index is 12.3. The second-order valence-corrected chi connectivity index (χ2v) is 6.28. The monoisotopic (exact) mass is 367 g/mol. The molecular formula is C18H14ClN5O2. The highest BCUT2D eigenvalue weighted by molar-refractivity contribution is 6.30. The van der Waals surface area contributed by atoms with Crippen LogP contribution in [0.25, 0.3) is 0 Å². The zero-order valence-electron chi connectivity index (χ0n) is 13.5. The Morgan fingerprint density at radius 3 is 2.62 bits per heavy atom. The number of benzene rings is 2. The van der Waals surface area contributed by atoms with Gasteiger partial charge in [-0.3, -0.25) is 20.2 Å². The van der Waals surface area contributed by atoms with Crippen molar-refractivity contribution in [2.45, 2.75) is 12.5 Å². The van der Waals surface area contributed by atoms with Gasteiger partial charge in [0.15, 0.2) is 0 Å². The van der Waals surface area contributed by atoms with E-state index < -0.39 is 0 Å². The molecule has 2 aromatic carbocycles. The van der Waals surface area contributed by atoms with E-state index in [1.165, 1.54) is 0 Å². The van der Waals surface area contributed by atoms with E-state index in [0.717, 1.165) is 5.56 Å². The molecule has 1 atom stereocenters. The summed E-state index contributed by atoms with van der Waals surface area (Å²) in [7, 11) is 0. The van der Waals surface area contributed by atoms with Gasteiger partial charge >= 0.3 is 0 Å². The van der Waals surface area contributed by atoms with Crippen LogP contribution in [-0.2, 0) is 4.79 Å². The number of anilines is 2. The van der Waals surface area contributed by atoms with Crippen molar-refractivity contribution in [1.29, 1.82) is 0 Å². The van der Waals surface area contributed by atoms with Crippen molar-refractivity contribution in [1.82, 2.24) is 14.8 Å². The first-order valence-corrected chi connectivity index (χ1v) is 8.36. The molecule has 2 amide bonds. The van der Waals surface area contributed by atoms with Crippen molar-refractivity contribution >= 4 is 35.3 Å². The normalized spacial score (nSPS) is 15.9. The highest BCUT2D eigenvalue weighted by Gasteiger charge is 2.29. The molecule has 8 heteroatoms. The Morgan fingerprint density at radius 1 is 1.15 bits per heavy atom. The number of rotatable bonds is 3. The molecule has 0 bridgehead atoms. The van der Waals surface area contributed by atoms with Crippen molar-refractivity contribution in [2.24, 2.45) is 0 Å². The molecule has 1 aliphatic rings. The third-order valence-corrected chi connectivity index (χ3v) is 4.32. The van der Waals surface area contributed by atoms with Gasteiger partial charge in [-0.1, -0.05) is 41.9 Å². The van der Waals surface area contributed by atoms with Gasteiger partial charge in [0.1, 0.15) is 0 Å². The van der Waals surface area contributed by atoms with Gasteiger partial charge < -0.3 is 0 Å². The average molecular weight is 368 g/mol. The van der Waals surface area contributed by atoms with E-state index in [1.807, 2.05) is 18.2 Å². The van der Waals surface area contributed by atoms with Crippen molar-refractivity contribution in [3.05, 3.63) is 70.7 Å². The number of hydrogen-bond donors (Lipinski definition) is 2. The van der Waals surface area contributed by atoms with Crippen molar-refractivity contribution < 1.29 is 9.59 Å². The summed E-state index contributed by atoms with van der Waals surface area (Å²) in [6.45, 7) is 0. The summed E-state index contributed by atoms with van der Waals surface area (Å²) in [6.07, 6.45) is 0.226. The maximum absolute atomic E-state index is 12.3. The first kappa shape index (κ1) is 16.3. The summed E-state index contributed by atoms with van der Waals surface area (Å²) >= 11 is 5.94. The summed E-state index contributed by atoms with van der Waals surface area (Å²) in [6, 6.07) is 15.7. The summed E-state index contributed by atoms with van der Waals surface area (Å²) in [5, 5.41) is 10.3. The van der Waals surface area contributed by atoms with E-state index in [1.54, 1.807) is 41.1 Å². The van der Waals surface area contributed by atoms with E-state index in [0.29, 0.717) is 16.5 Å². The van der Waals surface area contributed by atoms with E-state index in [9.17, 15) is 9.59 Å². The van der Waals surface area contributed by atoms with E-state index >= 15 is 0 Å². The fraction of sp³-hybridized carbons (Fsp3) is 0.111. The first-order valence-electron chi connectivity index (χ1n) is 7.98. The molecule has 0 radical (unpaired) electrons. The number of carbonyl (C=O) groups is 2. The second kappa shape index (κ2) is 6.61. The van der Waals surface area contributed by atoms with Gasteiger partial charge in [0, 0.05) is 10.6 Å². The Hall–Kier alpha value is -3.19. The molecule has 2 N–H and O–H groups in total. The number of nitrogens with one attached hydrogen (secondary N) is 2. The molecule has 7 nitrogen and oxygen atoms in total. The molecule has 3 aromatic rings. The lowest BCUT2D eigenvalue weighted by Gasteiger charge is -2.23. The summed E-state index contributed by atoms with van der Waals surface area (Å²) < 4.78 is 1.60. The fourth-order valence-corrected chi connectivity index (χ4v) is 2.95. The molecule has 130 valence electrons. The van der Waals surface area contributed by atoms with E-state index in [4.69, 9.17) is 11.6 Å². The van der Waals surface area contributed by atoms with Crippen molar-refractivity contribution in [3.63, 3.8) is 0 Å². The molecule has 0 aliphatic carbocycles. The second-order valence-electron chi connectivity index (χ2n) is 5.84. The van der Waals surface area contributed by atoms with Gasteiger partial charge in [0.25, 0.3) is 11.9 Å². The van der Waals surface area contributed by atoms with Gasteiger partial charge in [-0.05, 0) is 29.8 Å². The van der Waals surface area contributed by atoms with Crippen LogP contribution >= 0.6 is 11.6 Å². The molecule has 1 aromatic heterocycles. The summed E-state index contributed by atoms with van der Waals surface area (Å²) in [5.74, 6) is -0.0479. The first-order chi connectivity index (χ1) is 12.6. The van der Waals surface area contributed by atoms with Crippen LogP contribution in [0.1, 0.15) is 28.4 Å². The summed E-state index contributed by atoms with van der Waals surface area (Å²) in [5.41, 5.74) is 1.38. The quantitative estimate of drug-likeness (QED) is 0.744. The minimum absolute atomic E-state index is 0.134. The number of nitrogens with zero attached hydrogens (tertiary/aromatic N) is 3. The summed E-state index contributed by atoms with van der Waals surface area (Å²) in [4.78, 5) is 28.5. The molecule has 0 saturated carbocycles. The highest BCUT2D eigenvalue weighted by Crippen LogP contribution is 2.30. The Morgan fingerprint density at radius 2 is 1.88 bits per heavy atom. The lowest BCUT2D eigenvalue weighted by atomic mass is 10.0. The third kappa shape index (κ3) is 3.16. The smallest absolute Gasteiger partial charge is 0.258 e. The number of fused-ring (bicyclic) bond motifs is 1. The Bertz CT molecular complexity index is 969. The third-order valence-electron chi connectivity index (χ3n) is 4.07. The predicted molar refractivity (Wildman–Crippen MR) is 97.3 cm³/mol. The molecular weight excluding hydrogens is 354 g/mol. The largest absolute Gasteiger partial charge is 0.295 e. The lowest BCUT2D eigenvalue weighted by Crippen LogP contribution is -2.29. The fourth-order valence-electron chi connectivity index (χ4n) is 2.82. The predicted octanol–water partition coefficient (Wildman–Crippen LogP) is 3.12. The molecule has 0 fully saturated rings. The Kier molecular flexibility index (Phi) is 4.14. The average Bonchev–Trinajstić information content (AvgIpc) is 3.04. The molecule has 2 heterocycles. The number of amides is 2.